The Morgan fingerprint density at radius 1 is 2.00 bits per heavy atom. The van der Waals surface area contributed by atoms with E-state index in [2.05, 4.69) is 0 Å². The topological polar surface area (TPSA) is 0 Å². The zero-order chi connectivity index (χ0) is 4.99. The minimum atomic E-state index is -0.782. The van der Waals surface area contributed by atoms with Gasteiger partial charge in [-0.15, -0.1) is 0 Å². The van der Waals surface area contributed by atoms with Crippen molar-refractivity contribution >= 4 is 0 Å². The second-order valence-corrected chi connectivity index (χ2v) is 1.25. The van der Waals surface area contributed by atoms with Crippen LogP contribution >= 0.6 is 0 Å². The molecule has 1 atom stereocenters. The summed E-state index contributed by atoms with van der Waals surface area (Å²) in [7, 11) is 0. The fourth-order valence-electron chi connectivity index (χ4n) is 0.188. The van der Waals surface area contributed by atoms with Gasteiger partial charge in [0.2, 0.25) is 0 Å². The summed E-state index contributed by atoms with van der Waals surface area (Å²) >= 11 is 0. The Kier molecular flexibility index (Phi) is 2.73. The molecule has 0 aromatic rings. The third kappa shape index (κ3) is 3.67. The van der Waals surface area contributed by atoms with Gasteiger partial charge in [-0.05, 0) is 13.3 Å². The van der Waals surface area contributed by atoms with E-state index in [9.17, 15) is 4.39 Å². The van der Waals surface area contributed by atoms with Gasteiger partial charge in [-0.1, -0.05) is 12.7 Å². The van der Waals surface area contributed by atoms with Gasteiger partial charge in [0.05, 0.1) is 0 Å². The molecular weight excluding hydrogens is 79.1 g/mol. The lowest BCUT2D eigenvalue weighted by atomic mass is 10.3. The molecule has 0 heterocycles. The van der Waals surface area contributed by atoms with Crippen LogP contribution in [-0.2, 0) is 0 Å². The molecule has 0 saturated carbocycles. The second kappa shape index (κ2) is 2.88. The summed E-state index contributed by atoms with van der Waals surface area (Å²) in [5.74, 6) is 0. The molecule has 0 nitrogen and oxygen atoms in total. The molecule has 35 valence electrons. The van der Waals surface area contributed by atoms with Gasteiger partial charge in [0.1, 0.15) is 6.17 Å². The molecule has 0 aromatic carbocycles. The Labute approximate surface area is 37.7 Å². The van der Waals surface area contributed by atoms with Crippen LogP contribution in [0.5, 0.6) is 0 Å². The molecule has 1 unspecified atom stereocenters. The SMILES string of the molecule is [CH]=CCC(C)F. The lowest BCUT2D eigenvalue weighted by molar-refractivity contribution is 0.365. The molecular formula is C5H8F. The van der Waals surface area contributed by atoms with Gasteiger partial charge >= 0.3 is 0 Å². The molecule has 0 aliphatic carbocycles. The fraction of sp³-hybridized carbons (Fsp3) is 0.600. The maximum atomic E-state index is 11.6. The van der Waals surface area contributed by atoms with Crippen molar-refractivity contribution in [2.75, 3.05) is 0 Å². The molecule has 0 aromatic heterocycles. The molecule has 0 bridgehead atoms. The number of hydrogen-bond donors (Lipinski definition) is 0. The van der Waals surface area contributed by atoms with E-state index in [0.29, 0.717) is 6.42 Å². The largest absolute Gasteiger partial charge is 0.247 e. The lowest BCUT2D eigenvalue weighted by Gasteiger charge is -1.88. The summed E-state index contributed by atoms with van der Waals surface area (Å²) in [4.78, 5) is 0. The maximum Gasteiger partial charge on any atom is 0.101 e. The average molecular weight is 87.1 g/mol. The highest BCUT2D eigenvalue weighted by Gasteiger charge is 1.88. The molecule has 1 heteroatoms. The van der Waals surface area contributed by atoms with Crippen molar-refractivity contribution in [2.24, 2.45) is 0 Å². The Bertz CT molecular complexity index is 39.2. The molecule has 6 heavy (non-hydrogen) atoms. The van der Waals surface area contributed by atoms with E-state index in [-0.39, 0.29) is 0 Å². The van der Waals surface area contributed by atoms with Crippen LogP contribution in [0.15, 0.2) is 6.08 Å². The molecule has 0 spiro atoms. The summed E-state index contributed by atoms with van der Waals surface area (Å²) in [6.45, 7) is 6.34. The van der Waals surface area contributed by atoms with E-state index in [1.807, 2.05) is 0 Å². The van der Waals surface area contributed by atoms with Gasteiger partial charge in [-0.2, -0.15) is 0 Å². The lowest BCUT2D eigenvalue weighted by Crippen LogP contribution is -1.85. The minimum absolute atomic E-state index is 0.361. The van der Waals surface area contributed by atoms with Gasteiger partial charge in [-0.3, -0.25) is 0 Å². The van der Waals surface area contributed by atoms with E-state index < -0.39 is 6.17 Å². The van der Waals surface area contributed by atoms with Crippen molar-refractivity contribution in [1.29, 1.82) is 0 Å². The highest BCUT2D eigenvalue weighted by atomic mass is 19.1. The zero-order valence-corrected chi connectivity index (χ0v) is 3.82. The quantitative estimate of drug-likeness (QED) is 0.481. The third-order valence-corrected chi connectivity index (χ3v) is 0.461. The van der Waals surface area contributed by atoms with E-state index in [1.165, 1.54) is 13.0 Å². The molecule has 0 aliphatic heterocycles. The predicted molar refractivity (Wildman–Crippen MR) is 24.1 cm³/mol. The summed E-state index contributed by atoms with van der Waals surface area (Å²) in [5.41, 5.74) is 0. The molecule has 0 fully saturated rings. The van der Waals surface area contributed by atoms with E-state index in [0.717, 1.165) is 0 Å². The number of halogens is 1. The van der Waals surface area contributed by atoms with Crippen molar-refractivity contribution in [3.63, 3.8) is 0 Å². The first-order valence-electron chi connectivity index (χ1n) is 1.95. The summed E-state index contributed by atoms with van der Waals surface area (Å²) in [6.07, 6.45) is 0.903. The van der Waals surface area contributed by atoms with Crippen molar-refractivity contribution in [3.05, 3.63) is 12.7 Å². The highest BCUT2D eigenvalue weighted by molar-refractivity contribution is 4.65. The second-order valence-electron chi connectivity index (χ2n) is 1.25. The van der Waals surface area contributed by atoms with Crippen LogP contribution in [0, 0.1) is 6.58 Å². The van der Waals surface area contributed by atoms with Crippen LogP contribution in [0.4, 0.5) is 4.39 Å². The predicted octanol–water partition coefficient (Wildman–Crippen LogP) is 1.72. The van der Waals surface area contributed by atoms with E-state index in [1.54, 1.807) is 0 Å². The smallest absolute Gasteiger partial charge is 0.101 e. The van der Waals surface area contributed by atoms with Gasteiger partial charge < -0.3 is 0 Å². The summed E-state index contributed by atoms with van der Waals surface area (Å²) in [5, 5.41) is 0. The summed E-state index contributed by atoms with van der Waals surface area (Å²) < 4.78 is 11.6. The Hall–Kier alpha value is -0.330. The Balaban J connectivity index is 2.81. The van der Waals surface area contributed by atoms with Crippen LogP contribution in [0.2, 0.25) is 0 Å². The number of allylic oxidation sites excluding steroid dienone is 1. The van der Waals surface area contributed by atoms with Crippen molar-refractivity contribution in [1.82, 2.24) is 0 Å². The van der Waals surface area contributed by atoms with Gasteiger partial charge in [0.25, 0.3) is 0 Å². The third-order valence-electron chi connectivity index (χ3n) is 0.461. The van der Waals surface area contributed by atoms with Crippen LogP contribution in [0.25, 0.3) is 0 Å². The summed E-state index contributed by atoms with van der Waals surface area (Å²) in [6, 6.07) is 0. The number of rotatable bonds is 2. The monoisotopic (exact) mass is 87.1 g/mol. The molecule has 0 amide bonds. The first-order chi connectivity index (χ1) is 2.77. The molecule has 0 aliphatic rings. The Morgan fingerprint density at radius 3 is 2.50 bits per heavy atom. The van der Waals surface area contributed by atoms with Crippen molar-refractivity contribution in [3.8, 4) is 0 Å². The van der Waals surface area contributed by atoms with Crippen LogP contribution in [0.1, 0.15) is 13.3 Å². The number of alkyl halides is 1. The maximum absolute atomic E-state index is 11.6. The van der Waals surface area contributed by atoms with Crippen LogP contribution in [0.3, 0.4) is 0 Å². The minimum Gasteiger partial charge on any atom is -0.247 e. The van der Waals surface area contributed by atoms with Gasteiger partial charge in [-0.25, -0.2) is 4.39 Å². The van der Waals surface area contributed by atoms with Gasteiger partial charge in [0, 0.05) is 0 Å². The Morgan fingerprint density at radius 2 is 2.50 bits per heavy atom. The van der Waals surface area contributed by atoms with Crippen molar-refractivity contribution in [2.45, 2.75) is 19.5 Å². The van der Waals surface area contributed by atoms with Gasteiger partial charge in [0.15, 0.2) is 0 Å². The molecule has 0 N–H and O–H groups in total. The standard InChI is InChI=1S/C5H8F/c1-3-4-5(2)6/h1,3,5H,4H2,2H3. The number of hydrogen-bond acceptors (Lipinski definition) is 0. The van der Waals surface area contributed by atoms with E-state index in [4.69, 9.17) is 6.58 Å². The van der Waals surface area contributed by atoms with Crippen molar-refractivity contribution < 1.29 is 4.39 Å². The normalized spacial score (nSPS) is 13.7. The highest BCUT2D eigenvalue weighted by Crippen LogP contribution is 1.93. The molecule has 0 rings (SSSR count). The molecule has 0 saturated heterocycles. The van der Waals surface area contributed by atoms with Crippen LogP contribution < -0.4 is 0 Å². The van der Waals surface area contributed by atoms with Crippen LogP contribution in [-0.4, -0.2) is 6.17 Å². The zero-order valence-electron chi connectivity index (χ0n) is 3.82. The first-order valence-corrected chi connectivity index (χ1v) is 1.95. The average Bonchev–Trinajstić information content (AvgIpc) is 1.35. The van der Waals surface area contributed by atoms with E-state index >= 15 is 0 Å². The first kappa shape index (κ1) is 5.67. The molecule has 1 radical (unpaired) electrons. The fourth-order valence-corrected chi connectivity index (χ4v) is 0.188.